The predicted octanol–water partition coefficient (Wildman–Crippen LogP) is 3.93. The zero-order valence-corrected chi connectivity index (χ0v) is 10.8. The van der Waals surface area contributed by atoms with E-state index in [9.17, 15) is 13.0 Å². The van der Waals surface area contributed by atoms with Gasteiger partial charge in [0.1, 0.15) is 11.6 Å². The summed E-state index contributed by atoms with van der Waals surface area (Å²) < 4.78 is 38.0. The summed E-state index contributed by atoms with van der Waals surface area (Å²) in [6, 6.07) is 9.40. The molecule has 0 aliphatic heterocycles. The largest absolute Gasteiger partial charge is 0.254 e. The van der Waals surface area contributed by atoms with E-state index in [0.29, 0.717) is 15.5 Å². The first-order chi connectivity index (χ1) is 8.56. The first kappa shape index (κ1) is 13.2. The lowest BCUT2D eigenvalue weighted by molar-refractivity contribution is 0.622. The molecule has 0 aliphatic rings. The molecular formula is C13H9ClF2OS. The van der Waals surface area contributed by atoms with Crippen LogP contribution in [0.1, 0.15) is 5.56 Å². The van der Waals surface area contributed by atoms with Crippen molar-refractivity contribution in [3.05, 3.63) is 64.7 Å². The van der Waals surface area contributed by atoms with Crippen molar-refractivity contribution < 1.29 is 13.0 Å². The van der Waals surface area contributed by atoms with Crippen LogP contribution in [0.15, 0.2) is 47.4 Å². The van der Waals surface area contributed by atoms with E-state index in [2.05, 4.69) is 0 Å². The Labute approximate surface area is 111 Å². The van der Waals surface area contributed by atoms with Crippen LogP contribution >= 0.6 is 11.6 Å². The van der Waals surface area contributed by atoms with Gasteiger partial charge in [-0.1, -0.05) is 17.7 Å². The lowest BCUT2D eigenvalue weighted by Crippen LogP contribution is -1.98. The first-order valence-corrected chi connectivity index (χ1v) is 6.84. The van der Waals surface area contributed by atoms with E-state index in [-0.39, 0.29) is 5.75 Å². The number of halogens is 3. The summed E-state index contributed by atoms with van der Waals surface area (Å²) in [5.74, 6) is -0.836. The topological polar surface area (TPSA) is 17.1 Å². The lowest BCUT2D eigenvalue weighted by atomic mass is 10.2. The van der Waals surface area contributed by atoms with Gasteiger partial charge in [0.2, 0.25) is 0 Å². The third-order valence-electron chi connectivity index (χ3n) is 2.35. The Bertz CT molecular complexity index is 601. The average Bonchev–Trinajstić information content (AvgIpc) is 2.34. The van der Waals surface area contributed by atoms with Crippen molar-refractivity contribution in [2.24, 2.45) is 0 Å². The fourth-order valence-electron chi connectivity index (χ4n) is 1.49. The van der Waals surface area contributed by atoms with Crippen molar-refractivity contribution in [1.29, 1.82) is 0 Å². The van der Waals surface area contributed by atoms with E-state index >= 15 is 0 Å². The molecular weight excluding hydrogens is 278 g/mol. The van der Waals surface area contributed by atoms with Crippen LogP contribution in [0.2, 0.25) is 5.02 Å². The zero-order chi connectivity index (χ0) is 13.1. The summed E-state index contributed by atoms with van der Waals surface area (Å²) in [4.78, 5) is 0.357. The SMILES string of the molecule is O=S(Cc1cc(F)ccc1Cl)c1cccc(F)c1. The molecule has 0 amide bonds. The molecule has 94 valence electrons. The van der Waals surface area contributed by atoms with Crippen LogP contribution in [0.3, 0.4) is 0 Å². The van der Waals surface area contributed by atoms with Crippen LogP contribution in [0, 0.1) is 11.6 Å². The van der Waals surface area contributed by atoms with Crippen molar-refractivity contribution in [3.63, 3.8) is 0 Å². The second-order valence-electron chi connectivity index (χ2n) is 3.68. The third-order valence-corrected chi connectivity index (χ3v) is 4.07. The summed E-state index contributed by atoms with van der Waals surface area (Å²) in [5.41, 5.74) is 0.444. The molecule has 0 aliphatic carbocycles. The van der Waals surface area contributed by atoms with E-state index < -0.39 is 22.4 Å². The van der Waals surface area contributed by atoms with Gasteiger partial charge in [-0.2, -0.15) is 0 Å². The Morgan fingerprint density at radius 1 is 1.06 bits per heavy atom. The highest BCUT2D eigenvalue weighted by molar-refractivity contribution is 7.84. The molecule has 0 radical (unpaired) electrons. The summed E-state index contributed by atoms with van der Waals surface area (Å²) >= 11 is 5.88. The molecule has 0 heterocycles. The monoisotopic (exact) mass is 286 g/mol. The maximum absolute atomic E-state index is 13.0. The third kappa shape index (κ3) is 3.15. The van der Waals surface area contributed by atoms with Crippen LogP contribution < -0.4 is 0 Å². The van der Waals surface area contributed by atoms with Gasteiger partial charge in [0, 0.05) is 9.92 Å². The molecule has 1 unspecified atom stereocenters. The quantitative estimate of drug-likeness (QED) is 0.836. The first-order valence-electron chi connectivity index (χ1n) is 5.14. The molecule has 1 atom stereocenters. The second-order valence-corrected chi connectivity index (χ2v) is 5.54. The molecule has 0 N–H and O–H groups in total. The van der Waals surface area contributed by atoms with Gasteiger partial charge in [-0.25, -0.2) is 8.78 Å². The normalized spacial score (nSPS) is 12.4. The van der Waals surface area contributed by atoms with Crippen LogP contribution in [0.25, 0.3) is 0 Å². The van der Waals surface area contributed by atoms with Crippen LogP contribution in [0.4, 0.5) is 8.78 Å². The van der Waals surface area contributed by atoms with Gasteiger partial charge in [-0.05, 0) is 42.0 Å². The van der Waals surface area contributed by atoms with Crippen molar-refractivity contribution in [2.75, 3.05) is 0 Å². The Balaban J connectivity index is 2.24. The van der Waals surface area contributed by atoms with E-state index in [1.807, 2.05) is 0 Å². The minimum absolute atomic E-state index is 0.0556. The standard InChI is InChI=1S/C13H9ClF2OS/c14-13-5-4-11(16)6-9(13)8-18(17)12-3-1-2-10(15)7-12/h1-7H,8H2. The molecule has 0 spiro atoms. The van der Waals surface area contributed by atoms with E-state index in [1.165, 1.54) is 36.4 Å². The summed E-state index contributed by atoms with van der Waals surface area (Å²) in [6.07, 6.45) is 0. The van der Waals surface area contributed by atoms with Gasteiger partial charge in [0.15, 0.2) is 0 Å². The van der Waals surface area contributed by atoms with Crippen LogP contribution in [-0.2, 0) is 16.6 Å². The number of rotatable bonds is 3. The fourth-order valence-corrected chi connectivity index (χ4v) is 2.91. The zero-order valence-electron chi connectivity index (χ0n) is 9.20. The number of hydrogen-bond acceptors (Lipinski definition) is 1. The molecule has 0 fully saturated rings. The number of hydrogen-bond donors (Lipinski definition) is 0. The highest BCUT2D eigenvalue weighted by atomic mass is 35.5. The minimum Gasteiger partial charge on any atom is -0.254 e. The molecule has 0 saturated carbocycles. The fraction of sp³-hybridized carbons (Fsp3) is 0.0769. The molecule has 1 nitrogen and oxygen atoms in total. The van der Waals surface area contributed by atoms with Gasteiger partial charge in [-0.15, -0.1) is 0 Å². The molecule has 2 aromatic rings. The Morgan fingerprint density at radius 2 is 1.78 bits per heavy atom. The van der Waals surface area contributed by atoms with Gasteiger partial charge in [0.25, 0.3) is 0 Å². The molecule has 2 rings (SSSR count). The average molecular weight is 287 g/mol. The molecule has 2 aromatic carbocycles. The van der Waals surface area contributed by atoms with Gasteiger partial charge < -0.3 is 0 Å². The smallest absolute Gasteiger partial charge is 0.124 e. The Kier molecular flexibility index (Phi) is 4.09. The van der Waals surface area contributed by atoms with E-state index in [0.717, 1.165) is 0 Å². The molecule has 5 heteroatoms. The van der Waals surface area contributed by atoms with Crippen molar-refractivity contribution in [2.45, 2.75) is 10.6 Å². The Hall–Kier alpha value is -1.26. The highest BCUT2D eigenvalue weighted by Gasteiger charge is 2.09. The van der Waals surface area contributed by atoms with Gasteiger partial charge in [0.05, 0.1) is 16.6 Å². The second kappa shape index (κ2) is 5.59. The molecule has 0 bridgehead atoms. The maximum Gasteiger partial charge on any atom is 0.124 e. The van der Waals surface area contributed by atoms with Crippen molar-refractivity contribution in [1.82, 2.24) is 0 Å². The van der Waals surface area contributed by atoms with Crippen molar-refractivity contribution >= 4 is 22.4 Å². The van der Waals surface area contributed by atoms with Crippen molar-refractivity contribution in [3.8, 4) is 0 Å². The van der Waals surface area contributed by atoms with Gasteiger partial charge in [-0.3, -0.25) is 4.21 Å². The predicted molar refractivity (Wildman–Crippen MR) is 67.9 cm³/mol. The molecule has 0 saturated heterocycles. The van der Waals surface area contributed by atoms with Crippen LogP contribution in [-0.4, -0.2) is 4.21 Å². The van der Waals surface area contributed by atoms with Crippen LogP contribution in [0.5, 0.6) is 0 Å². The summed E-state index contributed by atoms with van der Waals surface area (Å²) in [7, 11) is -1.45. The minimum atomic E-state index is -1.45. The summed E-state index contributed by atoms with van der Waals surface area (Å²) in [5, 5.41) is 0.348. The molecule has 0 aromatic heterocycles. The van der Waals surface area contributed by atoms with E-state index in [1.54, 1.807) is 6.07 Å². The highest BCUT2D eigenvalue weighted by Crippen LogP contribution is 2.21. The summed E-state index contributed by atoms with van der Waals surface area (Å²) in [6.45, 7) is 0. The maximum atomic E-state index is 13.0. The lowest BCUT2D eigenvalue weighted by Gasteiger charge is -2.05. The molecule has 18 heavy (non-hydrogen) atoms. The Morgan fingerprint density at radius 3 is 2.50 bits per heavy atom. The van der Waals surface area contributed by atoms with E-state index in [4.69, 9.17) is 11.6 Å². The number of benzene rings is 2. The van der Waals surface area contributed by atoms with Gasteiger partial charge >= 0.3 is 0 Å².